The number of anilines is 1. The van der Waals surface area contributed by atoms with Gasteiger partial charge >= 0.3 is 0 Å². The molecule has 0 aliphatic carbocycles. The summed E-state index contributed by atoms with van der Waals surface area (Å²) in [5.41, 5.74) is 1.41. The van der Waals surface area contributed by atoms with Crippen LogP contribution in [0.4, 0.5) is 5.69 Å². The topological polar surface area (TPSA) is 55.4 Å². The van der Waals surface area contributed by atoms with Crippen molar-refractivity contribution in [3.05, 3.63) is 52.0 Å². The summed E-state index contributed by atoms with van der Waals surface area (Å²) in [7, 11) is -2.44. The van der Waals surface area contributed by atoms with Gasteiger partial charge in [-0.05, 0) is 23.6 Å². The van der Waals surface area contributed by atoms with Crippen LogP contribution in [0.1, 0.15) is 25.3 Å². The lowest BCUT2D eigenvalue weighted by atomic mass is 10.0. The maximum absolute atomic E-state index is 12.7. The highest BCUT2D eigenvalue weighted by Crippen LogP contribution is 2.35. The van der Waals surface area contributed by atoms with Crippen molar-refractivity contribution in [2.75, 3.05) is 11.8 Å². The Hall–Kier alpha value is -1.43. The zero-order chi connectivity index (χ0) is 17.2. The van der Waals surface area contributed by atoms with Crippen LogP contribution in [0.3, 0.4) is 0 Å². The molecule has 0 radical (unpaired) electrons. The van der Waals surface area contributed by atoms with E-state index in [0.717, 1.165) is 5.56 Å². The van der Waals surface area contributed by atoms with E-state index in [4.69, 9.17) is 27.9 Å². The molecule has 0 bridgehead atoms. The van der Waals surface area contributed by atoms with Crippen molar-refractivity contribution in [1.82, 2.24) is 0 Å². The molecule has 2 aromatic carbocycles. The molecule has 0 aliphatic heterocycles. The fourth-order valence-electron chi connectivity index (χ4n) is 2.17. The van der Waals surface area contributed by atoms with Gasteiger partial charge in [-0.3, -0.25) is 4.72 Å². The van der Waals surface area contributed by atoms with Crippen LogP contribution in [0.15, 0.2) is 41.3 Å². The van der Waals surface area contributed by atoms with E-state index in [1.165, 1.54) is 19.2 Å². The Morgan fingerprint density at radius 1 is 1.09 bits per heavy atom. The maximum Gasteiger partial charge on any atom is 0.263 e. The number of halogens is 2. The summed E-state index contributed by atoms with van der Waals surface area (Å²) in [6, 6.07) is 9.89. The molecule has 0 heterocycles. The lowest BCUT2D eigenvalue weighted by Crippen LogP contribution is -2.15. The number of rotatable bonds is 5. The molecule has 2 aromatic rings. The van der Waals surface area contributed by atoms with Gasteiger partial charge < -0.3 is 4.74 Å². The molecule has 0 amide bonds. The minimum Gasteiger partial charge on any atom is -0.495 e. The normalized spacial score (nSPS) is 11.6. The first-order chi connectivity index (χ1) is 10.8. The summed E-state index contributed by atoms with van der Waals surface area (Å²) in [6.45, 7) is 3.98. The second-order valence-electron chi connectivity index (χ2n) is 5.26. The summed E-state index contributed by atoms with van der Waals surface area (Å²) >= 11 is 12.1. The van der Waals surface area contributed by atoms with Crippen LogP contribution in [-0.4, -0.2) is 15.5 Å². The van der Waals surface area contributed by atoms with Crippen molar-refractivity contribution in [1.29, 1.82) is 0 Å². The van der Waals surface area contributed by atoms with Gasteiger partial charge in [0.05, 0.1) is 22.8 Å². The predicted octanol–water partition coefficient (Wildman–Crippen LogP) is 4.93. The summed E-state index contributed by atoms with van der Waals surface area (Å²) in [5.74, 6) is 0.488. The molecule has 0 aliphatic rings. The number of ether oxygens (including phenoxy) is 1. The Balaban J connectivity index is 2.47. The van der Waals surface area contributed by atoms with Crippen LogP contribution in [0, 0.1) is 0 Å². The van der Waals surface area contributed by atoms with Gasteiger partial charge in [0.15, 0.2) is 0 Å². The van der Waals surface area contributed by atoms with Crippen molar-refractivity contribution in [3.8, 4) is 5.75 Å². The molecular weight excluding hydrogens is 357 g/mol. The Labute approximate surface area is 146 Å². The fraction of sp³-hybridized carbons (Fsp3) is 0.250. The van der Waals surface area contributed by atoms with Crippen molar-refractivity contribution >= 4 is 38.9 Å². The predicted molar refractivity (Wildman–Crippen MR) is 94.4 cm³/mol. The highest BCUT2D eigenvalue weighted by Gasteiger charge is 2.22. The first-order valence-electron chi connectivity index (χ1n) is 6.91. The van der Waals surface area contributed by atoms with Gasteiger partial charge in [-0.25, -0.2) is 8.42 Å². The van der Waals surface area contributed by atoms with Crippen LogP contribution in [0.2, 0.25) is 10.0 Å². The first kappa shape index (κ1) is 17.9. The number of nitrogens with one attached hydrogen (secondary N) is 1. The van der Waals surface area contributed by atoms with E-state index in [1.807, 2.05) is 26.0 Å². The van der Waals surface area contributed by atoms with Gasteiger partial charge in [-0.1, -0.05) is 55.2 Å². The lowest BCUT2D eigenvalue weighted by Gasteiger charge is -2.16. The molecule has 2 rings (SSSR count). The summed E-state index contributed by atoms with van der Waals surface area (Å²) in [6.07, 6.45) is 0. The monoisotopic (exact) mass is 373 g/mol. The molecule has 0 unspecified atom stereocenters. The van der Waals surface area contributed by atoms with Crippen LogP contribution in [0.25, 0.3) is 0 Å². The van der Waals surface area contributed by atoms with Gasteiger partial charge in [0, 0.05) is 6.07 Å². The Bertz CT molecular complexity index is 820. The highest BCUT2D eigenvalue weighted by molar-refractivity contribution is 7.92. The van der Waals surface area contributed by atoms with Gasteiger partial charge in [0.1, 0.15) is 10.6 Å². The van der Waals surface area contributed by atoms with E-state index in [1.54, 1.807) is 12.1 Å². The molecule has 0 atom stereocenters. The third-order valence-electron chi connectivity index (χ3n) is 3.32. The third kappa shape index (κ3) is 3.91. The van der Waals surface area contributed by atoms with Crippen molar-refractivity contribution in [2.45, 2.75) is 24.7 Å². The summed E-state index contributed by atoms with van der Waals surface area (Å²) < 4.78 is 32.9. The molecule has 4 nitrogen and oxygen atoms in total. The Morgan fingerprint density at radius 3 is 2.35 bits per heavy atom. The molecule has 0 saturated heterocycles. The average Bonchev–Trinajstić information content (AvgIpc) is 2.48. The molecule has 1 N–H and O–H groups in total. The molecular formula is C16H17Cl2NO3S. The van der Waals surface area contributed by atoms with Crippen LogP contribution in [0.5, 0.6) is 5.75 Å². The van der Waals surface area contributed by atoms with E-state index in [2.05, 4.69) is 4.72 Å². The van der Waals surface area contributed by atoms with E-state index in [0.29, 0.717) is 11.4 Å². The maximum atomic E-state index is 12.7. The summed E-state index contributed by atoms with van der Waals surface area (Å²) in [5, 5.41) is 0.218. The van der Waals surface area contributed by atoms with Gasteiger partial charge in [0.25, 0.3) is 10.0 Å². The standard InChI is InChI=1S/C16H17Cl2NO3S/c1-10(2)11-6-4-5-7-14(11)19-23(20,21)16-9-12(17)15(22-3)8-13(16)18/h4-10,19H,1-3H3. The van der Waals surface area contributed by atoms with Crippen molar-refractivity contribution in [2.24, 2.45) is 0 Å². The second-order valence-corrected chi connectivity index (χ2v) is 7.73. The molecule has 0 spiro atoms. The number of hydrogen-bond acceptors (Lipinski definition) is 3. The highest BCUT2D eigenvalue weighted by atomic mass is 35.5. The molecule has 0 saturated carbocycles. The smallest absolute Gasteiger partial charge is 0.263 e. The van der Waals surface area contributed by atoms with E-state index < -0.39 is 10.0 Å². The SMILES string of the molecule is COc1cc(Cl)c(S(=O)(=O)Nc2ccccc2C(C)C)cc1Cl. The molecule has 124 valence electrons. The fourth-order valence-corrected chi connectivity index (χ4v) is 4.10. The number of methoxy groups -OCH3 is 1. The Morgan fingerprint density at radius 2 is 1.74 bits per heavy atom. The van der Waals surface area contributed by atoms with Crippen LogP contribution >= 0.6 is 23.2 Å². The molecule has 0 aromatic heterocycles. The minimum atomic E-state index is -3.87. The average molecular weight is 374 g/mol. The van der Waals surface area contributed by atoms with Gasteiger partial charge in [-0.2, -0.15) is 0 Å². The largest absolute Gasteiger partial charge is 0.495 e. The van der Waals surface area contributed by atoms with Crippen molar-refractivity contribution in [3.63, 3.8) is 0 Å². The number of hydrogen-bond donors (Lipinski definition) is 1. The van der Waals surface area contributed by atoms with E-state index in [-0.39, 0.29) is 20.9 Å². The lowest BCUT2D eigenvalue weighted by molar-refractivity contribution is 0.414. The van der Waals surface area contributed by atoms with E-state index in [9.17, 15) is 8.42 Å². The molecule has 7 heteroatoms. The van der Waals surface area contributed by atoms with Gasteiger partial charge in [0.2, 0.25) is 0 Å². The number of para-hydroxylation sites is 1. The summed E-state index contributed by atoms with van der Waals surface area (Å²) in [4.78, 5) is -0.0940. The van der Waals surface area contributed by atoms with Gasteiger partial charge in [-0.15, -0.1) is 0 Å². The number of sulfonamides is 1. The van der Waals surface area contributed by atoms with E-state index >= 15 is 0 Å². The number of benzene rings is 2. The van der Waals surface area contributed by atoms with Crippen molar-refractivity contribution < 1.29 is 13.2 Å². The zero-order valence-electron chi connectivity index (χ0n) is 12.9. The first-order valence-corrected chi connectivity index (χ1v) is 9.15. The van der Waals surface area contributed by atoms with Crippen LogP contribution in [-0.2, 0) is 10.0 Å². The quantitative estimate of drug-likeness (QED) is 0.808. The Kier molecular flexibility index (Phi) is 5.45. The minimum absolute atomic E-state index is 0.0424. The molecule has 23 heavy (non-hydrogen) atoms. The van der Waals surface area contributed by atoms with Crippen LogP contribution < -0.4 is 9.46 Å². The zero-order valence-corrected chi connectivity index (χ0v) is 15.3. The second kappa shape index (κ2) is 6.99. The third-order valence-corrected chi connectivity index (χ3v) is 5.45. The molecule has 0 fully saturated rings.